The maximum atomic E-state index is 12.9. The molecule has 0 aromatic rings. The second-order valence-corrected chi connectivity index (χ2v) is 9.38. The highest BCUT2D eigenvalue weighted by molar-refractivity contribution is 5.90. The van der Waals surface area contributed by atoms with E-state index in [1.807, 2.05) is 7.05 Å². The number of hydrogen-bond donors (Lipinski definition) is 6. The van der Waals surface area contributed by atoms with Gasteiger partial charge in [-0.25, -0.2) is 0 Å². The molecule has 37 heavy (non-hydrogen) atoms. The van der Waals surface area contributed by atoms with E-state index in [4.69, 9.17) is 21.1 Å². The molecule has 0 bridgehead atoms. The first kappa shape index (κ1) is 35.1. The summed E-state index contributed by atoms with van der Waals surface area (Å²) in [7, 11) is 18.3. The lowest BCUT2D eigenvalue weighted by Gasteiger charge is -2.20. The second-order valence-electron chi connectivity index (χ2n) is 9.38. The number of hydrogen-bond acceptors (Lipinski definition) is 8. The summed E-state index contributed by atoms with van der Waals surface area (Å²) >= 11 is 0. The van der Waals surface area contributed by atoms with Crippen molar-refractivity contribution in [3.8, 4) is 0 Å². The topological polar surface area (TPSA) is 140 Å². The zero-order valence-electron chi connectivity index (χ0n) is 22.7. The van der Waals surface area contributed by atoms with Gasteiger partial charge in [-0.15, -0.1) is 0 Å². The molecule has 6 N–H and O–H groups in total. The number of unbranched alkanes of at least 4 members (excludes halogenated alkanes) is 3. The molecule has 0 aromatic carbocycles. The van der Waals surface area contributed by atoms with Crippen molar-refractivity contribution in [2.45, 2.75) is 89.6 Å². The molecule has 0 rings (SSSR count). The van der Waals surface area contributed by atoms with Crippen molar-refractivity contribution in [2.24, 2.45) is 5.92 Å². The molecule has 210 valence electrons. The van der Waals surface area contributed by atoms with Gasteiger partial charge in [0.05, 0.1) is 12.1 Å². The van der Waals surface area contributed by atoms with E-state index < -0.39 is 18.0 Å². The molecule has 0 saturated heterocycles. The molecule has 0 aliphatic rings. The third kappa shape index (κ3) is 18.1. The number of carbonyl (C=O) groups is 4. The first-order chi connectivity index (χ1) is 17.8. The molecule has 0 aliphatic heterocycles. The monoisotopic (exact) mass is 520 g/mol. The largest absolute Gasteiger partial charge is 0.355 e. The second kappa shape index (κ2) is 23.3. The van der Waals surface area contributed by atoms with Gasteiger partial charge < -0.3 is 26.6 Å². The van der Waals surface area contributed by atoms with Crippen LogP contribution in [0.25, 0.3) is 0 Å². The van der Waals surface area contributed by atoms with Crippen molar-refractivity contribution >= 4 is 23.4 Å². The molecule has 0 spiro atoms. The van der Waals surface area contributed by atoms with Gasteiger partial charge in [0.15, 0.2) is 5.78 Å². The maximum absolute atomic E-state index is 12.9. The van der Waals surface area contributed by atoms with Crippen LogP contribution in [0.15, 0.2) is 0 Å². The van der Waals surface area contributed by atoms with Crippen LogP contribution in [-0.2, 0) is 19.2 Å². The zero-order chi connectivity index (χ0) is 27.9. The fourth-order valence-electron chi connectivity index (χ4n) is 3.92. The van der Waals surface area contributed by atoms with Crippen LogP contribution in [-0.4, -0.2) is 68.7 Å². The minimum atomic E-state index is -0.530. The van der Waals surface area contributed by atoms with E-state index in [1.54, 1.807) is 0 Å². The van der Waals surface area contributed by atoms with Gasteiger partial charge in [0, 0.05) is 53.0 Å². The Labute approximate surface area is 224 Å². The minimum Gasteiger partial charge on any atom is -0.355 e. The quantitative estimate of drug-likeness (QED) is 0.0774. The highest BCUT2D eigenvalue weighted by atomic mass is 16.2. The Bertz CT molecular complexity index is 646. The van der Waals surface area contributed by atoms with E-state index >= 15 is 0 Å². The molecule has 0 heterocycles. The number of ketones is 2. The van der Waals surface area contributed by atoms with Crippen molar-refractivity contribution in [1.29, 1.82) is 0 Å². The molecule has 0 aromatic heterocycles. The number of rotatable bonds is 25. The molecule has 0 aliphatic carbocycles. The lowest BCUT2D eigenvalue weighted by molar-refractivity contribution is -0.130. The van der Waals surface area contributed by atoms with Gasteiger partial charge in [-0.05, 0) is 65.6 Å². The van der Waals surface area contributed by atoms with Crippen LogP contribution in [0.1, 0.15) is 77.6 Å². The van der Waals surface area contributed by atoms with Crippen LogP contribution < -0.4 is 31.9 Å². The van der Waals surface area contributed by atoms with Gasteiger partial charge in [-0.3, -0.25) is 24.5 Å². The Morgan fingerprint density at radius 3 is 1.84 bits per heavy atom. The summed E-state index contributed by atoms with van der Waals surface area (Å²) in [5.41, 5.74) is 0. The van der Waals surface area contributed by atoms with Gasteiger partial charge in [0.25, 0.3) is 0 Å². The summed E-state index contributed by atoms with van der Waals surface area (Å²) in [5.74, 6) is -1.07. The molecule has 3 atom stereocenters. The van der Waals surface area contributed by atoms with Crippen LogP contribution in [0.4, 0.5) is 0 Å². The van der Waals surface area contributed by atoms with Gasteiger partial charge in [0.2, 0.25) is 11.8 Å². The van der Waals surface area contributed by atoms with E-state index in [9.17, 15) is 19.2 Å². The maximum Gasteiger partial charge on any atom is 0.237 e. The van der Waals surface area contributed by atoms with E-state index in [0.717, 1.165) is 32.2 Å². The van der Waals surface area contributed by atoms with Gasteiger partial charge >= 0.3 is 0 Å². The summed E-state index contributed by atoms with van der Waals surface area (Å²) in [5, 5.41) is 16.4. The SMILES string of the molecule is [CH]NCCCC[C@H](N[CH])C(=O)NCCCC[C@H](CC(=O)[C@H](CCCCNC)N[CH])C(=O)NCCC(C)=O. The number of Topliss-reactive ketones (excluding diaryl/α,β-unsaturated/α-hetero) is 2. The normalized spacial score (nSPS) is 13.5. The minimum absolute atomic E-state index is 0.0149. The average molecular weight is 521 g/mol. The van der Waals surface area contributed by atoms with Crippen molar-refractivity contribution in [3.05, 3.63) is 21.1 Å². The molecule has 2 amide bonds. The smallest absolute Gasteiger partial charge is 0.237 e. The number of nitrogens with one attached hydrogen (secondary N) is 6. The molecule has 6 radical (unpaired) electrons. The lowest BCUT2D eigenvalue weighted by atomic mass is 9.91. The third-order valence-electron chi connectivity index (χ3n) is 6.21. The van der Waals surface area contributed by atoms with Crippen LogP contribution in [0.5, 0.6) is 0 Å². The summed E-state index contributed by atoms with van der Waals surface area (Å²) in [6.45, 7) is 3.67. The van der Waals surface area contributed by atoms with E-state index in [1.165, 1.54) is 6.92 Å². The molecule has 0 fully saturated rings. The zero-order valence-corrected chi connectivity index (χ0v) is 22.7. The molecular formula is C27H48N6O4. The van der Waals surface area contributed by atoms with Crippen molar-refractivity contribution in [3.63, 3.8) is 0 Å². The third-order valence-corrected chi connectivity index (χ3v) is 6.21. The standard InChI is InChI=1S/C27H48N6O4/c1-21(34)15-19-33-26(36)22(20-25(35)23(30-4)13-7-9-16-28-2)12-6-11-18-32-27(37)24(31-5)14-8-10-17-29-3/h3-5,22-24,28-31H,6-20H2,1-2H3,(H,32,37)(H,33,36)/t22-,23+,24+/m1/s1. The summed E-state index contributed by atoms with van der Waals surface area (Å²) in [6.07, 6.45) is 6.68. The van der Waals surface area contributed by atoms with E-state index in [-0.39, 0.29) is 42.8 Å². The fraction of sp³-hybridized carbons (Fsp3) is 0.741. The summed E-state index contributed by atoms with van der Waals surface area (Å²) in [6, 6.07) is -0.992. The Morgan fingerprint density at radius 2 is 1.24 bits per heavy atom. The number of amides is 2. The van der Waals surface area contributed by atoms with Crippen molar-refractivity contribution in [2.75, 3.05) is 33.2 Å². The summed E-state index contributed by atoms with van der Waals surface area (Å²) in [4.78, 5) is 49.2. The predicted octanol–water partition coefficient (Wildman–Crippen LogP) is 1.02. The Hall–Kier alpha value is -1.88. The van der Waals surface area contributed by atoms with Gasteiger partial charge in [-0.1, -0.05) is 19.3 Å². The van der Waals surface area contributed by atoms with Crippen LogP contribution in [0.3, 0.4) is 0 Å². The molecule has 0 saturated carbocycles. The van der Waals surface area contributed by atoms with Crippen LogP contribution in [0, 0.1) is 27.1 Å². The molecule has 0 unspecified atom stereocenters. The summed E-state index contributed by atoms with van der Waals surface area (Å²) < 4.78 is 0. The Balaban J connectivity index is 4.73. The highest BCUT2D eigenvalue weighted by Crippen LogP contribution is 2.17. The van der Waals surface area contributed by atoms with Gasteiger partial charge in [0.1, 0.15) is 5.78 Å². The van der Waals surface area contributed by atoms with Crippen molar-refractivity contribution < 1.29 is 19.2 Å². The van der Waals surface area contributed by atoms with Crippen LogP contribution in [0.2, 0.25) is 0 Å². The number of carbonyl (C=O) groups excluding carboxylic acids is 4. The van der Waals surface area contributed by atoms with E-state index in [0.29, 0.717) is 45.2 Å². The molecule has 10 heteroatoms. The first-order valence-corrected chi connectivity index (χ1v) is 13.4. The molecule has 10 nitrogen and oxygen atoms in total. The highest BCUT2D eigenvalue weighted by Gasteiger charge is 2.25. The average Bonchev–Trinajstić information content (AvgIpc) is 2.87. The Morgan fingerprint density at radius 1 is 0.676 bits per heavy atom. The fourth-order valence-corrected chi connectivity index (χ4v) is 3.92. The first-order valence-electron chi connectivity index (χ1n) is 13.4. The predicted molar refractivity (Wildman–Crippen MR) is 145 cm³/mol. The van der Waals surface area contributed by atoms with E-state index in [2.05, 4.69) is 31.9 Å². The lowest BCUT2D eigenvalue weighted by Crippen LogP contribution is -2.42. The van der Waals surface area contributed by atoms with Gasteiger partial charge in [-0.2, -0.15) is 0 Å². The molecular weight excluding hydrogens is 472 g/mol. The van der Waals surface area contributed by atoms with Crippen molar-refractivity contribution in [1.82, 2.24) is 31.9 Å². The Kier molecular flexibility index (Phi) is 22.1. The van der Waals surface area contributed by atoms with Crippen LogP contribution >= 0.6 is 0 Å².